The Bertz CT molecular complexity index is 659. The van der Waals surface area contributed by atoms with Crippen molar-refractivity contribution in [3.8, 4) is 0 Å². The molecule has 0 spiro atoms. The number of benzene rings is 1. The van der Waals surface area contributed by atoms with E-state index in [9.17, 15) is 9.59 Å². The van der Waals surface area contributed by atoms with Gasteiger partial charge in [-0.1, -0.05) is 43.3 Å². The second-order valence-corrected chi connectivity index (χ2v) is 7.07. The number of thiophene rings is 1. The number of rotatable bonds is 9. The fourth-order valence-corrected chi connectivity index (χ4v) is 3.37. The van der Waals surface area contributed by atoms with Gasteiger partial charge in [0.05, 0.1) is 13.1 Å². The van der Waals surface area contributed by atoms with Gasteiger partial charge in [-0.15, -0.1) is 11.3 Å². The topological polar surface area (TPSA) is 62.6 Å². The number of hydrogen-bond acceptors (Lipinski definition) is 3. The Hall–Kier alpha value is -2.18. The quantitative estimate of drug-likeness (QED) is 0.625. The van der Waals surface area contributed by atoms with Gasteiger partial charge >= 0.3 is 0 Å². The van der Waals surface area contributed by atoms with Gasteiger partial charge in [0, 0.05) is 11.4 Å². The molecule has 0 saturated heterocycles. The lowest BCUT2D eigenvalue weighted by atomic mass is 10.1. The lowest BCUT2D eigenvalue weighted by Crippen LogP contribution is -3.11. The van der Waals surface area contributed by atoms with Crippen molar-refractivity contribution in [1.29, 1.82) is 0 Å². The van der Waals surface area contributed by atoms with Gasteiger partial charge in [-0.2, -0.15) is 0 Å². The molecule has 2 aromatic rings. The van der Waals surface area contributed by atoms with Crippen molar-refractivity contribution in [2.24, 2.45) is 0 Å². The molecule has 0 fully saturated rings. The zero-order valence-electron chi connectivity index (χ0n) is 14.7. The highest BCUT2D eigenvalue weighted by Gasteiger charge is 2.20. The van der Waals surface area contributed by atoms with E-state index in [1.807, 2.05) is 61.8 Å². The first-order chi connectivity index (χ1) is 12.1. The molecule has 0 aliphatic heterocycles. The zero-order valence-corrected chi connectivity index (χ0v) is 15.6. The molecule has 1 heterocycles. The molecule has 0 radical (unpaired) electrons. The molecule has 134 valence electrons. The van der Waals surface area contributed by atoms with E-state index in [-0.39, 0.29) is 24.4 Å². The summed E-state index contributed by atoms with van der Waals surface area (Å²) in [5.74, 6) is -0.0898. The molecule has 2 atom stereocenters. The lowest BCUT2D eigenvalue weighted by Gasteiger charge is -2.19. The molecule has 1 aromatic carbocycles. The number of carbonyl (C=O) groups excluding carboxylic acids is 2. The summed E-state index contributed by atoms with van der Waals surface area (Å²) in [4.78, 5) is 26.2. The van der Waals surface area contributed by atoms with Gasteiger partial charge in [-0.3, -0.25) is 9.59 Å². The number of quaternary nitrogens is 1. The van der Waals surface area contributed by atoms with Gasteiger partial charge < -0.3 is 15.5 Å². The van der Waals surface area contributed by atoms with Crippen LogP contribution in [0.15, 0.2) is 47.8 Å². The average molecular weight is 361 g/mol. The number of amides is 2. The summed E-state index contributed by atoms with van der Waals surface area (Å²) >= 11 is 1.62. The van der Waals surface area contributed by atoms with Crippen molar-refractivity contribution in [2.45, 2.75) is 19.4 Å². The minimum atomic E-state index is -0.157. The van der Waals surface area contributed by atoms with Crippen LogP contribution < -0.4 is 15.5 Å². The van der Waals surface area contributed by atoms with Gasteiger partial charge in [0.25, 0.3) is 11.8 Å². The molecule has 1 unspecified atom stereocenters. The first-order valence-corrected chi connectivity index (χ1v) is 9.43. The highest BCUT2D eigenvalue weighted by molar-refractivity contribution is 7.10. The molecule has 2 amide bonds. The van der Waals surface area contributed by atoms with Crippen molar-refractivity contribution in [2.75, 3.05) is 26.7 Å². The van der Waals surface area contributed by atoms with E-state index in [1.54, 1.807) is 11.3 Å². The Balaban J connectivity index is 1.95. The largest absolute Gasteiger partial charge is 0.351 e. The summed E-state index contributed by atoms with van der Waals surface area (Å²) < 4.78 is 0. The Morgan fingerprint density at radius 1 is 1.08 bits per heavy atom. The summed E-state index contributed by atoms with van der Waals surface area (Å²) in [6.45, 7) is 3.24. The van der Waals surface area contributed by atoms with Crippen LogP contribution in [0.25, 0.3) is 0 Å². The van der Waals surface area contributed by atoms with Crippen molar-refractivity contribution in [1.82, 2.24) is 10.6 Å². The SMILES string of the molecule is CCCNC(=O)C[NH+](C)CC(=O)N[C@H](c1ccccc1)c1cccs1. The van der Waals surface area contributed by atoms with Crippen LogP contribution in [0.3, 0.4) is 0 Å². The second kappa shape index (κ2) is 9.96. The Morgan fingerprint density at radius 2 is 1.80 bits per heavy atom. The average Bonchev–Trinajstić information content (AvgIpc) is 3.12. The molecule has 5 nitrogen and oxygen atoms in total. The highest BCUT2D eigenvalue weighted by atomic mass is 32.1. The molecule has 1 aromatic heterocycles. The van der Waals surface area contributed by atoms with E-state index in [1.165, 1.54) is 0 Å². The third kappa shape index (κ3) is 6.32. The summed E-state index contributed by atoms with van der Waals surface area (Å²) in [5, 5.41) is 7.94. The number of nitrogens with one attached hydrogen (secondary N) is 3. The summed E-state index contributed by atoms with van der Waals surface area (Å²) in [6, 6.07) is 13.8. The van der Waals surface area contributed by atoms with Crippen molar-refractivity contribution >= 4 is 23.2 Å². The Kier molecular flexibility index (Phi) is 7.63. The van der Waals surface area contributed by atoms with Crippen LogP contribution >= 0.6 is 11.3 Å². The van der Waals surface area contributed by atoms with Gasteiger partial charge in [0.1, 0.15) is 0 Å². The van der Waals surface area contributed by atoms with E-state index in [0.717, 1.165) is 21.8 Å². The molecule has 0 aliphatic rings. The molecule has 0 bridgehead atoms. The van der Waals surface area contributed by atoms with E-state index >= 15 is 0 Å². The standard InChI is InChI=1S/C19H25N3O2S/c1-3-11-20-17(23)13-22(2)14-18(24)21-19(16-10-7-12-25-16)15-8-5-4-6-9-15/h4-10,12,19H,3,11,13-14H2,1-2H3,(H,20,23)(H,21,24)/p+1/t19-/m1/s1. The smallest absolute Gasteiger partial charge is 0.275 e. The van der Waals surface area contributed by atoms with Crippen LogP contribution in [0.1, 0.15) is 29.8 Å². The van der Waals surface area contributed by atoms with E-state index in [2.05, 4.69) is 10.6 Å². The maximum absolute atomic E-state index is 12.5. The van der Waals surface area contributed by atoms with E-state index < -0.39 is 0 Å². The third-order valence-electron chi connectivity index (χ3n) is 3.76. The summed E-state index contributed by atoms with van der Waals surface area (Å²) in [6.07, 6.45) is 0.908. The van der Waals surface area contributed by atoms with Crippen molar-refractivity contribution in [3.63, 3.8) is 0 Å². The highest BCUT2D eigenvalue weighted by Crippen LogP contribution is 2.25. The minimum Gasteiger partial charge on any atom is -0.351 e. The maximum Gasteiger partial charge on any atom is 0.275 e. The molecule has 0 saturated carbocycles. The minimum absolute atomic E-state index is 0.0231. The molecular formula is C19H26N3O2S+. The normalized spacial score (nSPS) is 13.0. The van der Waals surface area contributed by atoms with Crippen molar-refractivity contribution < 1.29 is 14.5 Å². The zero-order chi connectivity index (χ0) is 18.1. The van der Waals surface area contributed by atoms with Crippen LogP contribution in [-0.4, -0.2) is 38.5 Å². The Morgan fingerprint density at radius 3 is 2.44 bits per heavy atom. The molecule has 3 N–H and O–H groups in total. The first-order valence-electron chi connectivity index (χ1n) is 8.55. The number of hydrogen-bond donors (Lipinski definition) is 3. The fourth-order valence-electron chi connectivity index (χ4n) is 2.57. The monoisotopic (exact) mass is 360 g/mol. The molecule has 25 heavy (non-hydrogen) atoms. The van der Waals surface area contributed by atoms with Crippen molar-refractivity contribution in [3.05, 3.63) is 58.3 Å². The summed E-state index contributed by atoms with van der Waals surface area (Å²) in [5.41, 5.74) is 1.05. The van der Waals surface area contributed by atoms with Gasteiger partial charge in [-0.25, -0.2) is 0 Å². The van der Waals surface area contributed by atoms with Crippen LogP contribution in [0, 0.1) is 0 Å². The molecule has 2 rings (SSSR count). The fraction of sp³-hybridized carbons (Fsp3) is 0.368. The number of likely N-dealkylation sites (N-methyl/N-ethyl adjacent to an activating group) is 1. The van der Waals surface area contributed by atoms with E-state index in [0.29, 0.717) is 13.1 Å². The predicted molar refractivity (Wildman–Crippen MR) is 101 cm³/mol. The van der Waals surface area contributed by atoms with E-state index in [4.69, 9.17) is 0 Å². The van der Waals surface area contributed by atoms with Gasteiger partial charge in [-0.05, 0) is 23.4 Å². The predicted octanol–water partition coefficient (Wildman–Crippen LogP) is 0.995. The van der Waals surface area contributed by atoms with Crippen LogP contribution in [-0.2, 0) is 9.59 Å². The lowest BCUT2D eigenvalue weighted by molar-refractivity contribution is -0.862. The summed E-state index contributed by atoms with van der Waals surface area (Å²) in [7, 11) is 1.85. The Labute approximate surface area is 153 Å². The maximum atomic E-state index is 12.5. The second-order valence-electron chi connectivity index (χ2n) is 6.09. The molecule has 6 heteroatoms. The molecule has 0 aliphatic carbocycles. The van der Waals surface area contributed by atoms with Crippen LogP contribution in [0.2, 0.25) is 0 Å². The third-order valence-corrected chi connectivity index (χ3v) is 4.70. The molecular weight excluding hydrogens is 334 g/mol. The van der Waals surface area contributed by atoms with Gasteiger partial charge in [0.15, 0.2) is 13.1 Å². The number of carbonyl (C=O) groups is 2. The van der Waals surface area contributed by atoms with Gasteiger partial charge in [0.2, 0.25) is 0 Å². The van der Waals surface area contributed by atoms with Crippen LogP contribution in [0.4, 0.5) is 0 Å². The first kappa shape index (κ1) is 19.1. The van der Waals surface area contributed by atoms with Crippen LogP contribution in [0.5, 0.6) is 0 Å².